The van der Waals surface area contributed by atoms with Gasteiger partial charge in [0.1, 0.15) is 0 Å². The lowest BCUT2D eigenvalue weighted by atomic mass is 10.2. The summed E-state index contributed by atoms with van der Waals surface area (Å²) in [5, 5.41) is 6.49. The Morgan fingerprint density at radius 3 is 3.00 bits per heavy atom. The van der Waals surface area contributed by atoms with Crippen molar-refractivity contribution in [3.63, 3.8) is 0 Å². The molecule has 2 unspecified atom stereocenters. The van der Waals surface area contributed by atoms with E-state index in [0.717, 1.165) is 18.2 Å². The van der Waals surface area contributed by atoms with E-state index < -0.39 is 0 Å². The van der Waals surface area contributed by atoms with E-state index in [1.807, 2.05) is 11.8 Å². The molecule has 0 spiro atoms. The number of carbonyl (C=O) groups excluding carboxylic acids is 1. The van der Waals surface area contributed by atoms with Gasteiger partial charge in [-0.3, -0.25) is 4.79 Å². The van der Waals surface area contributed by atoms with Crippen LogP contribution in [-0.2, 0) is 4.79 Å². The van der Waals surface area contributed by atoms with Gasteiger partial charge in [0, 0.05) is 36.6 Å². The van der Waals surface area contributed by atoms with Gasteiger partial charge >= 0.3 is 0 Å². The van der Waals surface area contributed by atoms with Crippen LogP contribution in [0.2, 0.25) is 0 Å². The third-order valence-electron chi connectivity index (χ3n) is 3.15. The molecule has 1 heterocycles. The number of carbonyl (C=O) groups is 1. The lowest BCUT2D eigenvalue weighted by Crippen LogP contribution is -2.43. The molecule has 1 saturated heterocycles. The second-order valence-corrected chi connectivity index (χ2v) is 5.77. The number of rotatable bonds is 4. The molecule has 0 aromatic rings. The summed E-state index contributed by atoms with van der Waals surface area (Å²) >= 11 is 1.94. The molecule has 2 atom stereocenters. The van der Waals surface area contributed by atoms with E-state index in [2.05, 4.69) is 17.6 Å². The standard InChI is InChI=1S/C11H20N2OS/c1-8(9-2-3-9)13-11(14)6-10-7-15-5-4-12-10/h8-10,12H,2-7H2,1H3,(H,13,14). The number of hydrogen-bond donors (Lipinski definition) is 2. The van der Waals surface area contributed by atoms with Gasteiger partial charge in [0.2, 0.25) is 5.91 Å². The normalized spacial score (nSPS) is 28.5. The van der Waals surface area contributed by atoms with Gasteiger partial charge in [-0.25, -0.2) is 0 Å². The maximum atomic E-state index is 11.7. The summed E-state index contributed by atoms with van der Waals surface area (Å²) in [6.45, 7) is 3.17. The van der Waals surface area contributed by atoms with Crippen LogP contribution in [0.25, 0.3) is 0 Å². The Morgan fingerprint density at radius 2 is 2.40 bits per heavy atom. The molecular formula is C11H20N2OS. The Labute approximate surface area is 95.8 Å². The molecule has 2 rings (SSSR count). The van der Waals surface area contributed by atoms with Gasteiger partial charge in [-0.1, -0.05) is 0 Å². The predicted molar refractivity (Wildman–Crippen MR) is 64.1 cm³/mol. The Kier molecular flexibility index (Phi) is 3.92. The van der Waals surface area contributed by atoms with Crippen LogP contribution in [0.5, 0.6) is 0 Å². The molecule has 0 radical (unpaired) electrons. The van der Waals surface area contributed by atoms with Crippen molar-refractivity contribution in [1.82, 2.24) is 10.6 Å². The highest BCUT2D eigenvalue weighted by molar-refractivity contribution is 7.99. The minimum atomic E-state index is 0.217. The summed E-state index contributed by atoms with van der Waals surface area (Å²) in [5.74, 6) is 3.22. The molecule has 1 saturated carbocycles. The average molecular weight is 228 g/mol. The Balaban J connectivity index is 1.66. The number of amides is 1. The molecule has 1 amide bonds. The van der Waals surface area contributed by atoms with Gasteiger partial charge in [0.25, 0.3) is 0 Å². The van der Waals surface area contributed by atoms with Gasteiger partial charge in [0.15, 0.2) is 0 Å². The molecule has 3 nitrogen and oxygen atoms in total. The van der Waals surface area contributed by atoms with Crippen LogP contribution in [0.4, 0.5) is 0 Å². The minimum absolute atomic E-state index is 0.217. The maximum absolute atomic E-state index is 11.7. The van der Waals surface area contributed by atoms with Crippen molar-refractivity contribution in [1.29, 1.82) is 0 Å². The first-order valence-corrected chi connectivity index (χ1v) is 7.01. The van der Waals surface area contributed by atoms with Crippen molar-refractivity contribution in [2.45, 2.75) is 38.3 Å². The summed E-state index contributed by atoms with van der Waals surface area (Å²) in [4.78, 5) is 11.7. The molecule has 2 aliphatic rings. The third-order valence-corrected chi connectivity index (χ3v) is 4.28. The van der Waals surface area contributed by atoms with Gasteiger partial charge in [-0.2, -0.15) is 11.8 Å². The van der Waals surface area contributed by atoms with Crippen molar-refractivity contribution < 1.29 is 4.79 Å². The van der Waals surface area contributed by atoms with E-state index in [9.17, 15) is 4.79 Å². The van der Waals surface area contributed by atoms with E-state index in [1.54, 1.807) is 0 Å². The number of hydrogen-bond acceptors (Lipinski definition) is 3. The van der Waals surface area contributed by atoms with E-state index >= 15 is 0 Å². The zero-order valence-corrected chi connectivity index (χ0v) is 10.1. The molecule has 15 heavy (non-hydrogen) atoms. The van der Waals surface area contributed by atoms with Gasteiger partial charge in [-0.05, 0) is 25.7 Å². The highest BCUT2D eigenvalue weighted by Crippen LogP contribution is 2.32. The Hall–Kier alpha value is -0.220. The van der Waals surface area contributed by atoms with E-state index in [-0.39, 0.29) is 5.91 Å². The summed E-state index contributed by atoms with van der Waals surface area (Å²) in [6.07, 6.45) is 3.22. The molecule has 86 valence electrons. The number of nitrogens with one attached hydrogen (secondary N) is 2. The lowest BCUT2D eigenvalue weighted by Gasteiger charge is -2.23. The van der Waals surface area contributed by atoms with E-state index in [0.29, 0.717) is 18.5 Å². The lowest BCUT2D eigenvalue weighted by molar-refractivity contribution is -0.122. The predicted octanol–water partition coefficient (Wildman–Crippen LogP) is 0.996. The van der Waals surface area contributed by atoms with Crippen molar-refractivity contribution in [3.05, 3.63) is 0 Å². The molecule has 2 N–H and O–H groups in total. The Bertz CT molecular complexity index is 225. The highest BCUT2D eigenvalue weighted by atomic mass is 32.2. The quantitative estimate of drug-likeness (QED) is 0.754. The second kappa shape index (κ2) is 5.21. The summed E-state index contributed by atoms with van der Waals surface area (Å²) in [6, 6.07) is 0.767. The van der Waals surface area contributed by atoms with E-state index in [4.69, 9.17) is 0 Å². The zero-order chi connectivity index (χ0) is 10.7. The largest absolute Gasteiger partial charge is 0.353 e. The fraction of sp³-hybridized carbons (Fsp3) is 0.909. The highest BCUT2D eigenvalue weighted by Gasteiger charge is 2.29. The number of thioether (sulfide) groups is 1. The molecule has 4 heteroatoms. The minimum Gasteiger partial charge on any atom is -0.353 e. The van der Waals surface area contributed by atoms with Crippen molar-refractivity contribution in [2.24, 2.45) is 5.92 Å². The first-order chi connectivity index (χ1) is 7.25. The molecule has 1 aliphatic heterocycles. The van der Waals surface area contributed by atoms with Crippen LogP contribution in [0, 0.1) is 5.92 Å². The van der Waals surface area contributed by atoms with Crippen LogP contribution in [0.1, 0.15) is 26.2 Å². The molecule has 0 bridgehead atoms. The van der Waals surface area contributed by atoms with Crippen LogP contribution >= 0.6 is 11.8 Å². The SMILES string of the molecule is CC(NC(=O)CC1CSCCN1)C1CC1. The van der Waals surface area contributed by atoms with Crippen LogP contribution in [-0.4, -0.2) is 36.0 Å². The topological polar surface area (TPSA) is 41.1 Å². The van der Waals surface area contributed by atoms with Crippen molar-refractivity contribution in [2.75, 3.05) is 18.1 Å². The third kappa shape index (κ3) is 3.68. The van der Waals surface area contributed by atoms with Crippen LogP contribution < -0.4 is 10.6 Å². The summed E-state index contributed by atoms with van der Waals surface area (Å²) in [7, 11) is 0. The molecular weight excluding hydrogens is 208 g/mol. The fourth-order valence-electron chi connectivity index (χ4n) is 2.00. The fourth-order valence-corrected chi connectivity index (χ4v) is 2.95. The summed E-state index contributed by atoms with van der Waals surface area (Å²) in [5.41, 5.74) is 0. The van der Waals surface area contributed by atoms with Crippen LogP contribution in [0.3, 0.4) is 0 Å². The first-order valence-electron chi connectivity index (χ1n) is 5.86. The van der Waals surface area contributed by atoms with Crippen molar-refractivity contribution >= 4 is 17.7 Å². The van der Waals surface area contributed by atoms with Gasteiger partial charge in [-0.15, -0.1) is 0 Å². The van der Waals surface area contributed by atoms with Crippen molar-refractivity contribution in [3.8, 4) is 0 Å². The Morgan fingerprint density at radius 1 is 1.60 bits per heavy atom. The molecule has 0 aromatic carbocycles. The summed E-state index contributed by atoms with van der Waals surface area (Å²) < 4.78 is 0. The monoisotopic (exact) mass is 228 g/mol. The maximum Gasteiger partial charge on any atom is 0.221 e. The van der Waals surface area contributed by atoms with Gasteiger partial charge < -0.3 is 10.6 Å². The van der Waals surface area contributed by atoms with Crippen LogP contribution in [0.15, 0.2) is 0 Å². The smallest absolute Gasteiger partial charge is 0.221 e. The molecule has 0 aromatic heterocycles. The van der Waals surface area contributed by atoms with E-state index in [1.165, 1.54) is 18.6 Å². The average Bonchev–Trinajstić information content (AvgIpc) is 3.01. The molecule has 2 fully saturated rings. The zero-order valence-electron chi connectivity index (χ0n) is 9.29. The van der Waals surface area contributed by atoms with Gasteiger partial charge in [0.05, 0.1) is 0 Å². The second-order valence-electron chi connectivity index (χ2n) is 4.62. The first kappa shape index (κ1) is 11.3. The molecule has 1 aliphatic carbocycles.